The number of nitrogens with one attached hydrogen (secondary N) is 1. The van der Waals surface area contributed by atoms with Crippen molar-refractivity contribution in [2.24, 2.45) is 5.92 Å². The molecule has 1 aliphatic rings. The molecule has 2 heterocycles. The fourth-order valence-corrected chi connectivity index (χ4v) is 5.25. The smallest absolute Gasteiger partial charge is 0.317 e. The fraction of sp³-hybridized carbons (Fsp3) is 0.571. The van der Waals surface area contributed by atoms with E-state index in [1.165, 1.54) is 10.4 Å². The zero-order valence-corrected chi connectivity index (χ0v) is 22.7. The van der Waals surface area contributed by atoms with Crippen molar-refractivity contribution in [3.63, 3.8) is 0 Å². The van der Waals surface area contributed by atoms with Crippen molar-refractivity contribution in [1.82, 2.24) is 15.1 Å². The van der Waals surface area contributed by atoms with E-state index < -0.39 is 0 Å². The van der Waals surface area contributed by atoms with E-state index in [4.69, 9.17) is 4.74 Å². The minimum atomic E-state index is -0.161. The van der Waals surface area contributed by atoms with Gasteiger partial charge in [0, 0.05) is 24.5 Å². The van der Waals surface area contributed by atoms with Crippen LogP contribution in [-0.4, -0.2) is 54.5 Å². The van der Waals surface area contributed by atoms with Gasteiger partial charge < -0.3 is 19.9 Å². The van der Waals surface area contributed by atoms with Crippen molar-refractivity contribution in [2.45, 2.75) is 65.8 Å². The molecule has 3 amide bonds. The molecule has 0 aliphatic carbocycles. The van der Waals surface area contributed by atoms with Gasteiger partial charge in [0.2, 0.25) is 5.91 Å². The Kier molecular flexibility index (Phi) is 10.0. The lowest BCUT2D eigenvalue weighted by Gasteiger charge is -2.37. The van der Waals surface area contributed by atoms with E-state index in [1.807, 2.05) is 24.0 Å². The van der Waals surface area contributed by atoms with Crippen molar-refractivity contribution in [3.8, 4) is 5.75 Å². The number of carbonyl (C=O) groups excluding carboxylic acids is 2. The van der Waals surface area contributed by atoms with Crippen LogP contribution in [0.25, 0.3) is 0 Å². The molecule has 2 aromatic rings. The normalized spacial score (nSPS) is 16.1. The molecule has 1 aliphatic heterocycles. The number of fused-ring (bicyclic) bond motifs is 1. The Hall–Kier alpha value is -2.54. The topological polar surface area (TPSA) is 61.9 Å². The average Bonchev–Trinajstić information content (AvgIpc) is 3.34. The highest BCUT2D eigenvalue weighted by Gasteiger charge is 2.33. The summed E-state index contributed by atoms with van der Waals surface area (Å²) in [6.07, 6.45) is 2.66. The number of nitrogens with zero attached hydrogens (tertiary/aromatic N) is 2. The number of rotatable bonds is 11. The number of hydrogen-bond acceptors (Lipinski definition) is 4. The van der Waals surface area contributed by atoms with Gasteiger partial charge in [0.25, 0.3) is 0 Å². The fourth-order valence-electron chi connectivity index (χ4n) is 4.32. The third kappa shape index (κ3) is 7.23. The summed E-state index contributed by atoms with van der Waals surface area (Å²) in [6, 6.07) is 10.00. The molecule has 0 spiro atoms. The van der Waals surface area contributed by atoms with Gasteiger partial charge in [-0.1, -0.05) is 53.2 Å². The van der Waals surface area contributed by atoms with Gasteiger partial charge in [-0.25, -0.2) is 4.79 Å². The maximum Gasteiger partial charge on any atom is 0.317 e. The van der Waals surface area contributed by atoms with Crippen LogP contribution in [0.1, 0.15) is 75.4 Å². The van der Waals surface area contributed by atoms with Crippen LogP contribution in [0, 0.1) is 5.92 Å². The van der Waals surface area contributed by atoms with E-state index in [2.05, 4.69) is 56.6 Å². The third-order valence-electron chi connectivity index (χ3n) is 6.74. The second kappa shape index (κ2) is 13.0. The number of amides is 3. The monoisotopic (exact) mass is 499 g/mol. The number of urea groups is 1. The van der Waals surface area contributed by atoms with Crippen molar-refractivity contribution in [3.05, 3.63) is 51.7 Å². The van der Waals surface area contributed by atoms with Crippen LogP contribution in [0.4, 0.5) is 4.79 Å². The molecule has 192 valence electrons. The molecule has 0 saturated heterocycles. The quantitative estimate of drug-likeness (QED) is 0.422. The largest absolute Gasteiger partial charge is 0.491 e. The molecule has 2 atom stereocenters. The summed E-state index contributed by atoms with van der Waals surface area (Å²) in [5, 5.41) is 5.04. The maximum absolute atomic E-state index is 13.6. The van der Waals surface area contributed by atoms with Crippen LogP contribution >= 0.6 is 11.3 Å². The van der Waals surface area contributed by atoms with Gasteiger partial charge in [0.1, 0.15) is 18.9 Å². The van der Waals surface area contributed by atoms with Gasteiger partial charge in [0.15, 0.2) is 0 Å². The summed E-state index contributed by atoms with van der Waals surface area (Å²) in [5.74, 6) is 1.58. The molecule has 1 N–H and O–H groups in total. The summed E-state index contributed by atoms with van der Waals surface area (Å²) < 4.78 is 6.19. The molecule has 0 radical (unpaired) electrons. The Morgan fingerprint density at radius 2 is 1.91 bits per heavy atom. The van der Waals surface area contributed by atoms with Crippen LogP contribution in [0.2, 0.25) is 0 Å². The molecular weight excluding hydrogens is 458 g/mol. The van der Waals surface area contributed by atoms with E-state index in [9.17, 15) is 9.59 Å². The standard InChI is InChI=1S/C28H41N3O3S/c1-6-14-29-28(33)30(17-21(5)7-2)18-27(32)31-15-12-26-24(13-16-35-26)25(31)19-34-23-10-8-22(9-11-23)20(3)4/h8-11,13,16,20-21,25H,6-7,12,14-15,17-19H2,1-5H3,(H,29,33)/t21-,25+/m1/s1. The lowest BCUT2D eigenvalue weighted by Crippen LogP contribution is -2.50. The first-order valence-corrected chi connectivity index (χ1v) is 13.8. The van der Waals surface area contributed by atoms with E-state index in [0.29, 0.717) is 38.1 Å². The van der Waals surface area contributed by atoms with Gasteiger partial charge in [0.05, 0.1) is 6.04 Å². The SMILES string of the molecule is CCCNC(=O)N(CC(=O)N1CCc2sccc2[C@@H]1COc1ccc(C(C)C)cc1)C[C@H](C)CC. The van der Waals surface area contributed by atoms with Crippen molar-refractivity contribution in [1.29, 1.82) is 0 Å². The molecule has 0 saturated carbocycles. The van der Waals surface area contributed by atoms with Crippen LogP contribution in [0.15, 0.2) is 35.7 Å². The molecule has 7 heteroatoms. The molecule has 6 nitrogen and oxygen atoms in total. The summed E-state index contributed by atoms with van der Waals surface area (Å²) in [5.41, 5.74) is 2.44. The number of benzene rings is 1. The first kappa shape index (κ1) is 27.1. The number of carbonyl (C=O) groups is 2. The predicted octanol–water partition coefficient (Wildman–Crippen LogP) is 5.84. The number of ether oxygens (including phenoxy) is 1. The Labute approximate surface area is 214 Å². The Bertz CT molecular complexity index is 957. The molecule has 1 aromatic carbocycles. The molecule has 0 fully saturated rings. The minimum absolute atomic E-state index is 0.0273. The maximum atomic E-state index is 13.6. The summed E-state index contributed by atoms with van der Waals surface area (Å²) >= 11 is 1.74. The Morgan fingerprint density at radius 3 is 2.57 bits per heavy atom. The molecule has 0 unspecified atom stereocenters. The van der Waals surface area contributed by atoms with E-state index >= 15 is 0 Å². The van der Waals surface area contributed by atoms with E-state index in [0.717, 1.165) is 30.6 Å². The van der Waals surface area contributed by atoms with Gasteiger partial charge in [-0.05, 0) is 59.4 Å². The highest BCUT2D eigenvalue weighted by Crippen LogP contribution is 2.34. The van der Waals surface area contributed by atoms with Crippen LogP contribution in [-0.2, 0) is 11.2 Å². The highest BCUT2D eigenvalue weighted by molar-refractivity contribution is 7.10. The first-order valence-electron chi connectivity index (χ1n) is 12.9. The summed E-state index contributed by atoms with van der Waals surface area (Å²) in [6.45, 7) is 12.9. The second-order valence-electron chi connectivity index (χ2n) is 9.81. The van der Waals surface area contributed by atoms with Crippen molar-refractivity contribution >= 4 is 23.3 Å². The molecule has 1 aromatic heterocycles. The molecular formula is C28H41N3O3S. The van der Waals surface area contributed by atoms with Crippen molar-refractivity contribution < 1.29 is 14.3 Å². The van der Waals surface area contributed by atoms with Gasteiger partial charge in [-0.2, -0.15) is 0 Å². The zero-order chi connectivity index (χ0) is 25.4. The lowest BCUT2D eigenvalue weighted by molar-refractivity contribution is -0.135. The Balaban J connectivity index is 1.74. The van der Waals surface area contributed by atoms with Gasteiger partial charge >= 0.3 is 6.03 Å². The first-order chi connectivity index (χ1) is 16.8. The molecule has 3 rings (SSSR count). The molecule has 35 heavy (non-hydrogen) atoms. The minimum Gasteiger partial charge on any atom is -0.491 e. The van der Waals surface area contributed by atoms with Crippen molar-refractivity contribution in [2.75, 3.05) is 32.8 Å². The second-order valence-corrected chi connectivity index (χ2v) is 10.8. The Morgan fingerprint density at radius 1 is 1.17 bits per heavy atom. The number of hydrogen-bond donors (Lipinski definition) is 1. The van der Waals surface area contributed by atoms with E-state index in [1.54, 1.807) is 16.2 Å². The van der Waals surface area contributed by atoms with Crippen LogP contribution < -0.4 is 10.1 Å². The average molecular weight is 500 g/mol. The lowest BCUT2D eigenvalue weighted by atomic mass is 10.00. The molecule has 0 bridgehead atoms. The third-order valence-corrected chi connectivity index (χ3v) is 7.73. The highest BCUT2D eigenvalue weighted by atomic mass is 32.1. The van der Waals surface area contributed by atoms with Gasteiger partial charge in [-0.15, -0.1) is 11.3 Å². The summed E-state index contributed by atoms with van der Waals surface area (Å²) in [7, 11) is 0. The summed E-state index contributed by atoms with van der Waals surface area (Å²) in [4.78, 5) is 31.3. The zero-order valence-electron chi connectivity index (χ0n) is 21.9. The van der Waals surface area contributed by atoms with Crippen LogP contribution in [0.5, 0.6) is 5.75 Å². The number of thiophene rings is 1. The van der Waals surface area contributed by atoms with Crippen LogP contribution in [0.3, 0.4) is 0 Å². The predicted molar refractivity (Wildman–Crippen MR) is 143 cm³/mol. The van der Waals surface area contributed by atoms with E-state index in [-0.39, 0.29) is 24.5 Å². The van der Waals surface area contributed by atoms with Gasteiger partial charge in [-0.3, -0.25) is 4.79 Å².